The van der Waals surface area contributed by atoms with Gasteiger partial charge in [-0.3, -0.25) is 9.59 Å². The number of hydrogen-bond acceptors (Lipinski definition) is 7. The molecule has 2 heterocycles. The maximum atomic E-state index is 13.0. The van der Waals surface area contributed by atoms with E-state index in [9.17, 15) is 9.59 Å². The minimum absolute atomic E-state index is 0.183. The Hall–Kier alpha value is -2.75. The summed E-state index contributed by atoms with van der Waals surface area (Å²) in [7, 11) is 0. The monoisotopic (exact) mass is 468 g/mol. The highest BCUT2D eigenvalue weighted by molar-refractivity contribution is 8.00. The first kappa shape index (κ1) is 21.5. The molecule has 158 valence electrons. The van der Waals surface area contributed by atoms with E-state index in [1.54, 1.807) is 18.7 Å². The summed E-state index contributed by atoms with van der Waals surface area (Å²) in [4.78, 5) is 31.9. The molecule has 31 heavy (non-hydrogen) atoms. The van der Waals surface area contributed by atoms with Crippen molar-refractivity contribution in [1.29, 1.82) is 0 Å². The Morgan fingerprint density at radius 1 is 1.16 bits per heavy atom. The molecule has 3 N–H and O–H groups in total. The number of nitrogens with zero attached hydrogens (tertiary/aromatic N) is 2. The number of nitrogens with one attached hydrogen (secondary N) is 1. The summed E-state index contributed by atoms with van der Waals surface area (Å²) in [6, 6.07) is 17.3. The number of nitrogen functional groups attached to an aromatic ring is 1. The second kappa shape index (κ2) is 9.17. The number of aromatic nitrogens is 2. The van der Waals surface area contributed by atoms with Crippen LogP contribution in [0.1, 0.15) is 6.92 Å². The van der Waals surface area contributed by atoms with Crippen LogP contribution in [0.4, 0.5) is 5.69 Å². The Labute approximate surface area is 191 Å². The van der Waals surface area contributed by atoms with Crippen molar-refractivity contribution >= 4 is 56.7 Å². The van der Waals surface area contributed by atoms with E-state index in [-0.39, 0.29) is 11.5 Å². The summed E-state index contributed by atoms with van der Waals surface area (Å²) in [5, 5.41) is 5.16. The number of fused-ring (bicyclic) bond motifs is 1. The third-order valence-corrected chi connectivity index (χ3v) is 7.44. The lowest BCUT2D eigenvalue weighted by Crippen LogP contribution is -2.31. The molecule has 1 amide bonds. The number of nitrogens with two attached hydrogens (primary N) is 1. The molecule has 0 aliphatic heterocycles. The van der Waals surface area contributed by atoms with Gasteiger partial charge in [0.1, 0.15) is 4.83 Å². The number of anilines is 1. The van der Waals surface area contributed by atoms with E-state index in [4.69, 9.17) is 5.84 Å². The van der Waals surface area contributed by atoms with Gasteiger partial charge in [0.25, 0.3) is 5.56 Å². The van der Waals surface area contributed by atoms with Gasteiger partial charge in [0.2, 0.25) is 5.91 Å². The number of carbonyl (C=O) groups excluding carboxylic acids is 1. The standard InChI is InChI=1S/C22H20N4O2S3/c1-13(19(27)24-16-10-6-7-11-17(16)29-2)31-22-25-20-18(21(28)26(22)23)15(12-30-20)14-8-4-3-5-9-14/h3-13H,23H2,1-2H3,(H,24,27). The molecule has 0 radical (unpaired) electrons. The Balaban J connectivity index is 1.61. The van der Waals surface area contributed by atoms with Gasteiger partial charge in [0.05, 0.1) is 16.3 Å². The topological polar surface area (TPSA) is 90.0 Å². The van der Waals surface area contributed by atoms with E-state index >= 15 is 0 Å². The van der Waals surface area contributed by atoms with Gasteiger partial charge in [-0.05, 0) is 30.9 Å². The van der Waals surface area contributed by atoms with Crippen LogP contribution in [0.3, 0.4) is 0 Å². The van der Waals surface area contributed by atoms with Crippen LogP contribution in [0.25, 0.3) is 21.3 Å². The Kier molecular flexibility index (Phi) is 6.35. The van der Waals surface area contributed by atoms with Crippen molar-refractivity contribution < 1.29 is 4.79 Å². The number of hydrogen-bond donors (Lipinski definition) is 2. The highest BCUT2D eigenvalue weighted by Gasteiger charge is 2.21. The summed E-state index contributed by atoms with van der Waals surface area (Å²) in [6.07, 6.45) is 1.96. The van der Waals surface area contributed by atoms with E-state index in [0.717, 1.165) is 38.1 Å². The summed E-state index contributed by atoms with van der Waals surface area (Å²) >= 11 is 4.11. The smallest absolute Gasteiger partial charge is 0.282 e. The first-order valence-electron chi connectivity index (χ1n) is 9.45. The van der Waals surface area contributed by atoms with Crippen LogP contribution < -0.4 is 16.7 Å². The summed E-state index contributed by atoms with van der Waals surface area (Å²) < 4.78 is 1.03. The predicted molar refractivity (Wildman–Crippen MR) is 132 cm³/mol. The van der Waals surface area contributed by atoms with Crippen molar-refractivity contribution in [2.24, 2.45) is 0 Å². The lowest BCUT2D eigenvalue weighted by Gasteiger charge is -2.15. The van der Waals surface area contributed by atoms with Crippen LogP contribution in [-0.2, 0) is 4.79 Å². The Morgan fingerprint density at radius 2 is 1.87 bits per heavy atom. The van der Waals surface area contributed by atoms with Crippen molar-refractivity contribution in [3.63, 3.8) is 0 Å². The van der Waals surface area contributed by atoms with Gasteiger partial charge in [-0.1, -0.05) is 54.2 Å². The van der Waals surface area contributed by atoms with E-state index < -0.39 is 5.25 Å². The fraction of sp³-hybridized carbons (Fsp3) is 0.136. The molecule has 4 aromatic rings. The molecule has 1 unspecified atom stereocenters. The maximum Gasteiger partial charge on any atom is 0.282 e. The summed E-state index contributed by atoms with van der Waals surface area (Å²) in [5.74, 6) is 5.91. The van der Waals surface area contributed by atoms with Gasteiger partial charge in [-0.2, -0.15) is 0 Å². The second-order valence-corrected chi connectivity index (χ2v) is 9.73. The van der Waals surface area contributed by atoms with Crippen LogP contribution in [0.2, 0.25) is 0 Å². The minimum atomic E-state index is -0.498. The average molecular weight is 469 g/mol. The molecule has 0 bridgehead atoms. The molecule has 0 spiro atoms. The zero-order chi connectivity index (χ0) is 22.0. The van der Waals surface area contributed by atoms with Crippen LogP contribution in [0.5, 0.6) is 0 Å². The number of thioether (sulfide) groups is 2. The SMILES string of the molecule is CSc1ccccc1NC(=O)C(C)Sc1nc2scc(-c3ccccc3)c2c(=O)n1N. The van der Waals surface area contributed by atoms with Crippen molar-refractivity contribution in [2.75, 3.05) is 17.4 Å². The Bertz CT molecular complexity index is 1300. The maximum absolute atomic E-state index is 13.0. The molecule has 9 heteroatoms. The quantitative estimate of drug-likeness (QED) is 0.243. The molecule has 2 aromatic carbocycles. The van der Waals surface area contributed by atoms with Crippen molar-refractivity contribution in [1.82, 2.24) is 9.66 Å². The van der Waals surface area contributed by atoms with Crippen molar-refractivity contribution in [2.45, 2.75) is 22.2 Å². The molecule has 0 saturated carbocycles. The van der Waals surface area contributed by atoms with E-state index in [2.05, 4.69) is 10.3 Å². The fourth-order valence-corrected chi connectivity index (χ4v) is 5.46. The average Bonchev–Trinajstić information content (AvgIpc) is 3.22. The molecule has 0 aliphatic rings. The molecule has 0 aliphatic carbocycles. The molecule has 4 rings (SSSR count). The molecule has 0 fully saturated rings. The van der Waals surface area contributed by atoms with Crippen LogP contribution in [0.15, 0.2) is 74.8 Å². The van der Waals surface area contributed by atoms with Gasteiger partial charge in [0.15, 0.2) is 5.16 Å². The third kappa shape index (κ3) is 4.34. The highest BCUT2D eigenvalue weighted by Crippen LogP contribution is 2.32. The Morgan fingerprint density at radius 3 is 2.61 bits per heavy atom. The van der Waals surface area contributed by atoms with Crippen LogP contribution in [-0.4, -0.2) is 27.1 Å². The number of amides is 1. The highest BCUT2D eigenvalue weighted by atomic mass is 32.2. The molecule has 1 atom stereocenters. The van der Waals surface area contributed by atoms with E-state index in [0.29, 0.717) is 15.4 Å². The fourth-order valence-electron chi connectivity index (χ4n) is 3.09. The largest absolute Gasteiger partial charge is 0.334 e. The van der Waals surface area contributed by atoms with Gasteiger partial charge >= 0.3 is 0 Å². The van der Waals surface area contributed by atoms with E-state index in [1.165, 1.54) is 11.3 Å². The molecule has 6 nitrogen and oxygen atoms in total. The lowest BCUT2D eigenvalue weighted by atomic mass is 10.1. The second-order valence-electron chi connectivity index (χ2n) is 6.71. The molecular weight excluding hydrogens is 448 g/mol. The van der Waals surface area contributed by atoms with Gasteiger partial charge < -0.3 is 11.2 Å². The van der Waals surface area contributed by atoms with Crippen LogP contribution in [0, 0.1) is 0 Å². The predicted octanol–water partition coefficient (Wildman–Crippen LogP) is 4.68. The molecule has 2 aromatic heterocycles. The van der Waals surface area contributed by atoms with Crippen molar-refractivity contribution in [3.8, 4) is 11.1 Å². The normalized spacial score (nSPS) is 12.1. The zero-order valence-corrected chi connectivity index (χ0v) is 19.3. The first-order chi connectivity index (χ1) is 15.0. The van der Waals surface area contributed by atoms with E-state index in [1.807, 2.05) is 66.2 Å². The molecular formula is C22H20N4O2S3. The number of rotatable bonds is 6. The van der Waals surface area contributed by atoms with Gasteiger partial charge in [-0.25, -0.2) is 9.66 Å². The van der Waals surface area contributed by atoms with Crippen molar-refractivity contribution in [3.05, 3.63) is 70.3 Å². The summed E-state index contributed by atoms with van der Waals surface area (Å²) in [6.45, 7) is 1.77. The molecule has 0 saturated heterocycles. The van der Waals surface area contributed by atoms with Gasteiger partial charge in [-0.15, -0.1) is 23.1 Å². The zero-order valence-electron chi connectivity index (χ0n) is 16.9. The number of benzene rings is 2. The number of para-hydroxylation sites is 1. The van der Waals surface area contributed by atoms with Crippen LogP contribution >= 0.6 is 34.9 Å². The van der Waals surface area contributed by atoms with Gasteiger partial charge in [0, 0.05) is 15.8 Å². The minimum Gasteiger partial charge on any atom is -0.334 e. The number of thiophene rings is 1. The lowest BCUT2D eigenvalue weighted by molar-refractivity contribution is -0.115. The summed E-state index contributed by atoms with van der Waals surface area (Å²) in [5.41, 5.74) is 2.18. The third-order valence-electron chi connectivity index (χ3n) is 4.71. The first-order valence-corrected chi connectivity index (χ1v) is 12.4. The number of carbonyl (C=O) groups is 1.